The lowest BCUT2D eigenvalue weighted by Crippen LogP contribution is -2.35. The molecule has 0 radical (unpaired) electrons. The lowest BCUT2D eigenvalue weighted by molar-refractivity contribution is -0.665. The first kappa shape index (κ1) is 19.0. The van der Waals surface area contributed by atoms with Gasteiger partial charge in [0.2, 0.25) is 5.69 Å². The first-order chi connectivity index (χ1) is 14.6. The van der Waals surface area contributed by atoms with Gasteiger partial charge in [-0.2, -0.15) is 4.57 Å². The number of benzene rings is 2. The summed E-state index contributed by atoms with van der Waals surface area (Å²) < 4.78 is 11.0. The minimum Gasteiger partial charge on any atom is -0.264 e. The summed E-state index contributed by atoms with van der Waals surface area (Å²) in [5.41, 5.74) is 9.53. The number of hydrogen-bond acceptors (Lipinski definition) is 1. The summed E-state index contributed by atoms with van der Waals surface area (Å²) in [6, 6.07) is 15.7. The predicted octanol–water partition coefficient (Wildman–Crippen LogP) is 6.62. The van der Waals surface area contributed by atoms with Crippen molar-refractivity contribution in [1.82, 2.24) is 4.98 Å². The highest BCUT2D eigenvalue weighted by atomic mass is 14.9. The molecule has 0 bridgehead atoms. The van der Waals surface area contributed by atoms with Crippen LogP contribution in [-0.2, 0) is 12.5 Å². The Morgan fingerprint density at radius 3 is 2.40 bits per heavy atom. The highest BCUT2D eigenvalue weighted by Crippen LogP contribution is 2.35. The third kappa shape index (κ3) is 3.52. The van der Waals surface area contributed by atoms with Crippen molar-refractivity contribution in [3.05, 3.63) is 83.3 Å². The van der Waals surface area contributed by atoms with Crippen LogP contribution >= 0.6 is 0 Å². The van der Waals surface area contributed by atoms with Crippen LogP contribution in [0.1, 0.15) is 44.5 Å². The molecule has 0 aliphatic heterocycles. The van der Waals surface area contributed by atoms with E-state index in [4.69, 9.17) is 1.37 Å². The van der Waals surface area contributed by atoms with Gasteiger partial charge in [-0.15, -0.1) is 0 Å². The molecule has 0 N–H and O–H groups in total. The van der Waals surface area contributed by atoms with Crippen molar-refractivity contribution < 1.29 is 5.94 Å². The van der Waals surface area contributed by atoms with E-state index in [2.05, 4.69) is 87.6 Å². The second-order valence-corrected chi connectivity index (χ2v) is 9.34. The van der Waals surface area contributed by atoms with E-state index >= 15 is 0 Å². The van der Waals surface area contributed by atoms with Crippen LogP contribution in [-0.4, -0.2) is 4.98 Å². The standard InChI is InChI=1S/C28H31N2/c1-18-13-24(28(4,5)6)16-26(20(18)3)27-25-11-10-21(22-9-8-12-29-17-22)15-23(25)14-19(2)30(27)7/h8-17H,1-7H3/q+1/i14D. The number of aryl methyl sites for hydroxylation is 1. The molecule has 30 heavy (non-hydrogen) atoms. The fourth-order valence-electron chi connectivity index (χ4n) is 4.06. The molecule has 0 amide bonds. The maximum atomic E-state index is 8.85. The first-order valence-electron chi connectivity index (χ1n) is 11.0. The van der Waals surface area contributed by atoms with Gasteiger partial charge in [0.05, 0.1) is 12.3 Å². The Labute approximate surface area is 181 Å². The molecule has 152 valence electrons. The topological polar surface area (TPSA) is 16.8 Å². The largest absolute Gasteiger partial charge is 0.264 e. The molecule has 2 aromatic heterocycles. The molecule has 0 atom stereocenters. The van der Waals surface area contributed by atoms with Crippen molar-refractivity contribution in [3.63, 3.8) is 0 Å². The Bertz CT molecular complexity index is 1300. The van der Waals surface area contributed by atoms with Crippen LogP contribution in [0.2, 0.25) is 0 Å². The monoisotopic (exact) mass is 396 g/mol. The maximum absolute atomic E-state index is 8.85. The quantitative estimate of drug-likeness (QED) is 0.348. The van der Waals surface area contributed by atoms with Crippen molar-refractivity contribution in [2.75, 3.05) is 0 Å². The Morgan fingerprint density at radius 2 is 1.73 bits per heavy atom. The second-order valence-electron chi connectivity index (χ2n) is 9.34. The molecule has 0 spiro atoms. The lowest BCUT2D eigenvalue weighted by atomic mass is 9.82. The number of hydrogen-bond donors (Lipinski definition) is 0. The summed E-state index contributed by atoms with van der Waals surface area (Å²) in [4.78, 5) is 4.26. The zero-order valence-corrected chi connectivity index (χ0v) is 19.1. The summed E-state index contributed by atoms with van der Waals surface area (Å²) in [6.07, 6.45) is 3.66. The molecule has 0 saturated carbocycles. The van der Waals surface area contributed by atoms with Crippen LogP contribution in [0.3, 0.4) is 0 Å². The van der Waals surface area contributed by atoms with Gasteiger partial charge >= 0.3 is 0 Å². The Balaban J connectivity index is 2.07. The number of aromatic nitrogens is 2. The first-order valence-corrected chi connectivity index (χ1v) is 10.5. The van der Waals surface area contributed by atoms with E-state index in [1.54, 1.807) is 6.20 Å². The van der Waals surface area contributed by atoms with Crippen molar-refractivity contribution in [3.8, 4) is 22.4 Å². The fraction of sp³-hybridized carbons (Fsp3) is 0.286. The predicted molar refractivity (Wildman–Crippen MR) is 127 cm³/mol. The summed E-state index contributed by atoms with van der Waals surface area (Å²) in [5.74, 6) is 0. The van der Waals surface area contributed by atoms with E-state index < -0.39 is 0 Å². The lowest BCUT2D eigenvalue weighted by Gasteiger charge is -2.22. The van der Waals surface area contributed by atoms with Gasteiger partial charge in [-0.05, 0) is 71.2 Å². The number of nitrogens with zero attached hydrogens (tertiary/aromatic N) is 2. The van der Waals surface area contributed by atoms with E-state index in [-0.39, 0.29) is 5.41 Å². The van der Waals surface area contributed by atoms with Gasteiger partial charge in [0.1, 0.15) is 7.05 Å². The third-order valence-electron chi connectivity index (χ3n) is 6.21. The minimum atomic E-state index is 0.0689. The fourth-order valence-corrected chi connectivity index (χ4v) is 4.06. The van der Waals surface area contributed by atoms with E-state index in [1.807, 2.05) is 19.2 Å². The maximum Gasteiger partial charge on any atom is 0.220 e. The molecule has 2 aromatic carbocycles. The van der Waals surface area contributed by atoms with Crippen LogP contribution in [0, 0.1) is 20.8 Å². The molecule has 4 rings (SSSR count). The zero-order valence-electron chi connectivity index (χ0n) is 20.1. The summed E-state index contributed by atoms with van der Waals surface area (Å²) in [7, 11) is 2.08. The van der Waals surface area contributed by atoms with Gasteiger partial charge < -0.3 is 0 Å². The third-order valence-corrected chi connectivity index (χ3v) is 6.21. The smallest absolute Gasteiger partial charge is 0.220 e. The van der Waals surface area contributed by atoms with Crippen molar-refractivity contribution in [1.29, 1.82) is 0 Å². The minimum absolute atomic E-state index is 0.0689. The Kier molecular flexibility index (Phi) is 4.66. The van der Waals surface area contributed by atoms with Crippen LogP contribution in [0.15, 0.2) is 60.9 Å². The molecule has 2 nitrogen and oxygen atoms in total. The number of fused-ring (bicyclic) bond motifs is 1. The SMILES string of the molecule is [2H]c1c(C)[n+](C)c(-c2cc(C(C)(C)C)cc(C)c2C)c2ccc(-c3cccnc3)cc12. The summed E-state index contributed by atoms with van der Waals surface area (Å²) >= 11 is 0. The molecule has 0 fully saturated rings. The molecular weight excluding hydrogens is 364 g/mol. The average molecular weight is 397 g/mol. The van der Waals surface area contributed by atoms with Gasteiger partial charge in [0.25, 0.3) is 0 Å². The zero-order chi connectivity index (χ0) is 22.5. The van der Waals surface area contributed by atoms with Crippen LogP contribution in [0.4, 0.5) is 0 Å². The van der Waals surface area contributed by atoms with Crippen molar-refractivity contribution >= 4 is 10.8 Å². The van der Waals surface area contributed by atoms with Gasteiger partial charge in [-0.3, -0.25) is 4.98 Å². The molecule has 0 aliphatic carbocycles. The molecule has 0 aliphatic rings. The van der Waals surface area contributed by atoms with E-state index in [9.17, 15) is 0 Å². The van der Waals surface area contributed by atoms with Gasteiger partial charge in [0, 0.05) is 30.9 Å². The van der Waals surface area contributed by atoms with Crippen molar-refractivity contribution in [2.45, 2.75) is 47.0 Å². The molecular formula is C28H31N2+. The summed E-state index contributed by atoms with van der Waals surface area (Å²) in [5, 5.41) is 2.09. The Hall–Kier alpha value is -3.00. The van der Waals surface area contributed by atoms with Crippen LogP contribution in [0.25, 0.3) is 33.2 Å². The van der Waals surface area contributed by atoms with E-state index in [1.165, 1.54) is 27.9 Å². The molecule has 0 unspecified atom stereocenters. The summed E-state index contributed by atoms with van der Waals surface area (Å²) in [6.45, 7) is 13.2. The van der Waals surface area contributed by atoms with Gasteiger partial charge in [-0.25, -0.2) is 0 Å². The van der Waals surface area contributed by atoms with Crippen LogP contribution < -0.4 is 4.57 Å². The molecule has 4 aromatic rings. The number of rotatable bonds is 2. The van der Waals surface area contributed by atoms with E-state index in [0.29, 0.717) is 6.04 Å². The highest BCUT2D eigenvalue weighted by molar-refractivity contribution is 5.96. The molecule has 2 heterocycles. The van der Waals surface area contributed by atoms with Crippen LogP contribution in [0.5, 0.6) is 0 Å². The van der Waals surface area contributed by atoms with E-state index in [0.717, 1.165) is 27.6 Å². The molecule has 2 heteroatoms. The Morgan fingerprint density at radius 1 is 0.967 bits per heavy atom. The average Bonchev–Trinajstić information content (AvgIpc) is 2.74. The second kappa shape index (κ2) is 7.36. The molecule has 0 saturated heterocycles. The van der Waals surface area contributed by atoms with Gasteiger partial charge in [0.15, 0.2) is 5.69 Å². The van der Waals surface area contributed by atoms with Gasteiger partial charge in [-0.1, -0.05) is 39.0 Å². The highest BCUT2D eigenvalue weighted by Gasteiger charge is 2.24. The number of pyridine rings is 2. The van der Waals surface area contributed by atoms with Crippen molar-refractivity contribution in [2.24, 2.45) is 7.05 Å². The normalized spacial score (nSPS) is 12.3.